The Bertz CT molecular complexity index is 876. The largest absolute Gasteiger partial charge is 0.326 e. The van der Waals surface area contributed by atoms with E-state index in [4.69, 9.17) is 0 Å². The zero-order valence-corrected chi connectivity index (χ0v) is 15.9. The Hall–Kier alpha value is -3.68. The van der Waals surface area contributed by atoms with Crippen LogP contribution in [0.15, 0.2) is 48.5 Å². The van der Waals surface area contributed by atoms with E-state index in [-0.39, 0.29) is 30.2 Å². The molecular formula is C20H22N4O4. The molecule has 3 N–H and O–H groups in total. The molecule has 28 heavy (non-hydrogen) atoms. The Kier molecular flexibility index (Phi) is 6.86. The van der Waals surface area contributed by atoms with Crippen LogP contribution < -0.4 is 20.9 Å². The van der Waals surface area contributed by atoms with Gasteiger partial charge in [-0.3, -0.25) is 19.2 Å². The predicted molar refractivity (Wildman–Crippen MR) is 108 cm³/mol. The molecule has 0 bridgehead atoms. The Morgan fingerprint density at radius 3 is 1.46 bits per heavy atom. The van der Waals surface area contributed by atoms with E-state index < -0.39 is 0 Å². The minimum Gasteiger partial charge on any atom is -0.326 e. The van der Waals surface area contributed by atoms with Crippen LogP contribution in [0.1, 0.15) is 20.8 Å². The first kappa shape index (κ1) is 20.6. The van der Waals surface area contributed by atoms with Crippen molar-refractivity contribution in [1.82, 2.24) is 0 Å². The molecule has 0 unspecified atom stereocenters. The van der Waals surface area contributed by atoms with Crippen LogP contribution >= 0.6 is 0 Å². The van der Waals surface area contributed by atoms with Crippen molar-refractivity contribution in [3.05, 3.63) is 48.5 Å². The van der Waals surface area contributed by atoms with Gasteiger partial charge in [-0.1, -0.05) is 0 Å². The van der Waals surface area contributed by atoms with E-state index in [0.717, 1.165) is 0 Å². The lowest BCUT2D eigenvalue weighted by atomic mass is 10.2. The lowest BCUT2D eigenvalue weighted by Gasteiger charge is -2.21. The molecule has 2 aromatic carbocycles. The zero-order chi connectivity index (χ0) is 20.7. The van der Waals surface area contributed by atoms with Crippen molar-refractivity contribution < 1.29 is 19.2 Å². The smallest absolute Gasteiger partial charge is 0.244 e. The van der Waals surface area contributed by atoms with Crippen molar-refractivity contribution in [1.29, 1.82) is 0 Å². The van der Waals surface area contributed by atoms with Gasteiger partial charge in [0.1, 0.15) is 6.54 Å². The van der Waals surface area contributed by atoms with Gasteiger partial charge < -0.3 is 20.9 Å². The van der Waals surface area contributed by atoms with Gasteiger partial charge in [-0.05, 0) is 48.5 Å². The summed E-state index contributed by atoms with van der Waals surface area (Å²) in [5.74, 6) is -1.03. The summed E-state index contributed by atoms with van der Waals surface area (Å²) in [4.78, 5) is 47.8. The Labute approximate surface area is 162 Å². The molecule has 0 heterocycles. The molecule has 0 atom stereocenters. The third-order valence-electron chi connectivity index (χ3n) is 3.67. The van der Waals surface area contributed by atoms with Gasteiger partial charge in [-0.25, -0.2) is 0 Å². The Balaban J connectivity index is 2.03. The van der Waals surface area contributed by atoms with Crippen molar-refractivity contribution >= 4 is 46.4 Å². The van der Waals surface area contributed by atoms with Crippen LogP contribution in [0.25, 0.3) is 0 Å². The standard InChI is InChI=1S/C20H22N4O4/c1-13(25)21-16-4-6-18(7-5-16)23-20(28)12-24(15(3)27)19-10-8-17(9-11-19)22-14(2)26/h4-11H,12H2,1-3H3,(H,21,25)(H,22,26)(H,23,28). The number of nitrogens with one attached hydrogen (secondary N) is 3. The maximum absolute atomic E-state index is 12.3. The highest BCUT2D eigenvalue weighted by Crippen LogP contribution is 2.19. The van der Waals surface area contributed by atoms with E-state index in [1.807, 2.05) is 0 Å². The number of anilines is 4. The summed E-state index contributed by atoms with van der Waals surface area (Å²) in [5, 5.41) is 7.99. The zero-order valence-electron chi connectivity index (χ0n) is 15.9. The number of hydrogen-bond donors (Lipinski definition) is 3. The van der Waals surface area contributed by atoms with Crippen LogP contribution in [0.5, 0.6) is 0 Å². The number of carbonyl (C=O) groups excluding carboxylic acids is 4. The molecule has 0 saturated carbocycles. The molecule has 2 aromatic rings. The fraction of sp³-hybridized carbons (Fsp3) is 0.200. The average molecular weight is 382 g/mol. The maximum Gasteiger partial charge on any atom is 0.244 e. The number of nitrogens with zero attached hydrogens (tertiary/aromatic N) is 1. The fourth-order valence-corrected chi connectivity index (χ4v) is 2.50. The van der Waals surface area contributed by atoms with Crippen LogP contribution in [0, 0.1) is 0 Å². The van der Waals surface area contributed by atoms with Crippen LogP contribution in [0.4, 0.5) is 22.7 Å². The summed E-state index contributed by atoms with van der Waals surface area (Å²) in [6.07, 6.45) is 0. The van der Waals surface area contributed by atoms with Gasteiger partial charge in [-0.2, -0.15) is 0 Å². The third-order valence-corrected chi connectivity index (χ3v) is 3.67. The Morgan fingerprint density at radius 1 is 0.679 bits per heavy atom. The number of benzene rings is 2. The number of amides is 4. The molecule has 0 radical (unpaired) electrons. The summed E-state index contributed by atoms with van der Waals surface area (Å²) in [5.41, 5.74) is 2.31. The lowest BCUT2D eigenvalue weighted by molar-refractivity contribution is -0.120. The molecule has 8 heteroatoms. The molecule has 0 aliphatic rings. The van der Waals surface area contributed by atoms with Gasteiger partial charge in [0.15, 0.2) is 0 Å². The molecule has 2 rings (SSSR count). The molecule has 8 nitrogen and oxygen atoms in total. The van der Waals surface area contributed by atoms with Crippen molar-refractivity contribution in [2.45, 2.75) is 20.8 Å². The fourth-order valence-electron chi connectivity index (χ4n) is 2.50. The first-order valence-electron chi connectivity index (χ1n) is 8.58. The highest BCUT2D eigenvalue weighted by molar-refractivity contribution is 6.02. The molecule has 0 aliphatic heterocycles. The summed E-state index contributed by atoms with van der Waals surface area (Å²) in [7, 11) is 0. The molecule has 0 fully saturated rings. The maximum atomic E-state index is 12.3. The quantitative estimate of drug-likeness (QED) is 0.714. The van der Waals surface area contributed by atoms with Crippen LogP contribution in [0.2, 0.25) is 0 Å². The molecule has 0 saturated heterocycles. The second-order valence-electron chi connectivity index (χ2n) is 6.14. The molecule has 146 valence electrons. The van der Waals surface area contributed by atoms with E-state index >= 15 is 0 Å². The lowest BCUT2D eigenvalue weighted by Crippen LogP contribution is -2.36. The Morgan fingerprint density at radius 2 is 1.07 bits per heavy atom. The average Bonchev–Trinajstić information content (AvgIpc) is 2.61. The first-order chi connectivity index (χ1) is 13.2. The second-order valence-corrected chi connectivity index (χ2v) is 6.14. The molecular weight excluding hydrogens is 360 g/mol. The van der Waals surface area contributed by atoms with Gasteiger partial charge in [0.2, 0.25) is 23.6 Å². The predicted octanol–water partition coefficient (Wildman–Crippen LogP) is 2.60. The second kappa shape index (κ2) is 9.31. The molecule has 0 spiro atoms. The van der Waals surface area contributed by atoms with Crippen molar-refractivity contribution in [3.63, 3.8) is 0 Å². The summed E-state index contributed by atoms with van der Waals surface area (Å²) < 4.78 is 0. The van der Waals surface area contributed by atoms with Crippen molar-refractivity contribution in [2.24, 2.45) is 0 Å². The normalized spacial score (nSPS) is 9.96. The number of hydrogen-bond acceptors (Lipinski definition) is 4. The summed E-state index contributed by atoms with van der Waals surface area (Å²) in [6, 6.07) is 13.3. The highest BCUT2D eigenvalue weighted by atomic mass is 16.2. The van der Waals surface area contributed by atoms with E-state index in [2.05, 4.69) is 16.0 Å². The van der Waals surface area contributed by atoms with Crippen molar-refractivity contribution in [3.8, 4) is 0 Å². The summed E-state index contributed by atoms with van der Waals surface area (Å²) >= 11 is 0. The minimum absolute atomic E-state index is 0.164. The number of rotatable bonds is 6. The molecule has 4 amide bonds. The summed E-state index contributed by atoms with van der Waals surface area (Å²) in [6.45, 7) is 4.02. The van der Waals surface area contributed by atoms with Gasteiger partial charge >= 0.3 is 0 Å². The first-order valence-corrected chi connectivity index (χ1v) is 8.58. The van der Waals surface area contributed by atoms with Gasteiger partial charge in [0.05, 0.1) is 0 Å². The van der Waals surface area contributed by atoms with E-state index in [1.54, 1.807) is 48.5 Å². The van der Waals surface area contributed by atoms with Crippen molar-refractivity contribution in [2.75, 3.05) is 27.4 Å². The minimum atomic E-state index is -0.367. The topological polar surface area (TPSA) is 108 Å². The van der Waals surface area contributed by atoms with Crippen LogP contribution in [-0.2, 0) is 19.2 Å². The molecule has 0 aliphatic carbocycles. The van der Waals surface area contributed by atoms with E-state index in [0.29, 0.717) is 22.7 Å². The molecule has 0 aromatic heterocycles. The van der Waals surface area contributed by atoms with Crippen LogP contribution in [-0.4, -0.2) is 30.2 Å². The van der Waals surface area contributed by atoms with Gasteiger partial charge in [-0.15, -0.1) is 0 Å². The van der Waals surface area contributed by atoms with E-state index in [1.165, 1.54) is 25.7 Å². The highest BCUT2D eigenvalue weighted by Gasteiger charge is 2.16. The van der Waals surface area contributed by atoms with Crippen LogP contribution in [0.3, 0.4) is 0 Å². The van der Waals surface area contributed by atoms with Gasteiger partial charge in [0.25, 0.3) is 0 Å². The SMILES string of the molecule is CC(=O)Nc1ccc(NC(=O)CN(C(C)=O)c2ccc(NC(C)=O)cc2)cc1. The van der Waals surface area contributed by atoms with Gasteiger partial charge in [0, 0.05) is 43.5 Å². The monoisotopic (exact) mass is 382 g/mol. The number of carbonyl (C=O) groups is 4. The third kappa shape index (κ3) is 6.24. The van der Waals surface area contributed by atoms with E-state index in [9.17, 15) is 19.2 Å².